The van der Waals surface area contributed by atoms with Crippen LogP contribution in [0, 0.1) is 11.8 Å². The van der Waals surface area contributed by atoms with E-state index in [1.165, 1.54) is 5.56 Å². The molecule has 0 saturated carbocycles. The molecule has 0 spiro atoms. The van der Waals surface area contributed by atoms with E-state index in [4.69, 9.17) is 9.84 Å². The van der Waals surface area contributed by atoms with Crippen molar-refractivity contribution in [3.05, 3.63) is 35.4 Å². The van der Waals surface area contributed by atoms with E-state index in [1.54, 1.807) is 0 Å². The van der Waals surface area contributed by atoms with Gasteiger partial charge in [-0.15, -0.1) is 11.8 Å². The minimum absolute atomic E-state index is 0.0840. The number of benzene rings is 1. The number of hydrogen-bond acceptors (Lipinski definition) is 3. The summed E-state index contributed by atoms with van der Waals surface area (Å²) >= 11 is 1.94. The molecule has 16 heavy (non-hydrogen) atoms. The maximum atomic E-state index is 8.57. The van der Waals surface area contributed by atoms with Gasteiger partial charge in [0.15, 0.2) is 0 Å². The van der Waals surface area contributed by atoms with Crippen LogP contribution in [0.4, 0.5) is 0 Å². The van der Waals surface area contributed by atoms with E-state index in [0.717, 1.165) is 24.5 Å². The molecule has 1 saturated heterocycles. The van der Waals surface area contributed by atoms with Crippen LogP contribution in [0.15, 0.2) is 24.3 Å². The average molecular weight is 234 g/mol. The summed E-state index contributed by atoms with van der Waals surface area (Å²) < 4.78 is 5.12. The molecule has 0 aliphatic carbocycles. The van der Waals surface area contributed by atoms with E-state index in [9.17, 15) is 0 Å². The van der Waals surface area contributed by atoms with E-state index in [1.807, 2.05) is 23.9 Å². The largest absolute Gasteiger partial charge is 0.384 e. The third kappa shape index (κ3) is 3.28. The van der Waals surface area contributed by atoms with Gasteiger partial charge in [0.05, 0.1) is 18.5 Å². The summed E-state index contributed by atoms with van der Waals surface area (Å²) in [5.74, 6) is 6.55. The van der Waals surface area contributed by atoms with Crippen LogP contribution in [0.2, 0.25) is 0 Å². The van der Waals surface area contributed by atoms with Crippen molar-refractivity contribution < 1.29 is 9.84 Å². The van der Waals surface area contributed by atoms with Crippen molar-refractivity contribution in [1.29, 1.82) is 0 Å². The van der Waals surface area contributed by atoms with Crippen LogP contribution in [-0.2, 0) is 10.5 Å². The third-order valence-corrected chi connectivity index (χ3v) is 3.60. The minimum Gasteiger partial charge on any atom is -0.384 e. The second-order valence-corrected chi connectivity index (χ2v) is 4.92. The van der Waals surface area contributed by atoms with Gasteiger partial charge in [-0.05, 0) is 17.7 Å². The summed E-state index contributed by atoms with van der Waals surface area (Å²) in [6.45, 7) is 1.70. The molecule has 1 aliphatic rings. The highest BCUT2D eigenvalue weighted by Crippen LogP contribution is 2.23. The Kier molecular flexibility index (Phi) is 4.29. The predicted molar refractivity (Wildman–Crippen MR) is 66.3 cm³/mol. The van der Waals surface area contributed by atoms with Crippen LogP contribution < -0.4 is 0 Å². The van der Waals surface area contributed by atoms with Gasteiger partial charge in [-0.25, -0.2) is 0 Å². The van der Waals surface area contributed by atoms with Gasteiger partial charge in [0.25, 0.3) is 0 Å². The standard InChI is InChI=1S/C13H14O2S/c14-7-1-2-11-3-5-12(6-4-11)10-16-13-8-15-9-13/h3-6,13-14H,7-10H2. The molecule has 1 N–H and O–H groups in total. The predicted octanol–water partition coefficient (Wildman–Crippen LogP) is 1.66. The Balaban J connectivity index is 1.85. The van der Waals surface area contributed by atoms with E-state index in [2.05, 4.69) is 24.0 Å². The van der Waals surface area contributed by atoms with Gasteiger partial charge in [-0.1, -0.05) is 24.0 Å². The first-order valence-corrected chi connectivity index (χ1v) is 6.31. The van der Waals surface area contributed by atoms with Crippen molar-refractivity contribution >= 4 is 11.8 Å². The van der Waals surface area contributed by atoms with Gasteiger partial charge < -0.3 is 9.84 Å². The fourth-order valence-electron chi connectivity index (χ4n) is 1.35. The summed E-state index contributed by atoms with van der Waals surface area (Å²) in [4.78, 5) is 0. The lowest BCUT2D eigenvalue weighted by molar-refractivity contribution is 0.0455. The SMILES string of the molecule is OCC#Cc1ccc(CSC2COC2)cc1. The van der Waals surface area contributed by atoms with Crippen LogP contribution in [-0.4, -0.2) is 30.2 Å². The molecule has 0 bridgehead atoms. The van der Waals surface area contributed by atoms with Crippen LogP contribution in [0.1, 0.15) is 11.1 Å². The third-order valence-electron chi connectivity index (χ3n) is 2.36. The topological polar surface area (TPSA) is 29.5 Å². The molecule has 0 atom stereocenters. The summed E-state index contributed by atoms with van der Waals surface area (Å²) in [7, 11) is 0. The first kappa shape index (κ1) is 11.5. The monoisotopic (exact) mass is 234 g/mol. The smallest absolute Gasteiger partial charge is 0.104 e. The Morgan fingerprint density at radius 3 is 2.62 bits per heavy atom. The van der Waals surface area contributed by atoms with Crippen LogP contribution in [0.3, 0.4) is 0 Å². The zero-order chi connectivity index (χ0) is 11.2. The number of aliphatic hydroxyl groups is 1. The molecule has 1 aromatic carbocycles. The molecule has 3 heteroatoms. The van der Waals surface area contributed by atoms with E-state index < -0.39 is 0 Å². The Morgan fingerprint density at radius 2 is 2.06 bits per heavy atom. The molecule has 84 valence electrons. The molecule has 0 aromatic heterocycles. The highest BCUT2D eigenvalue weighted by molar-refractivity contribution is 7.99. The maximum absolute atomic E-state index is 8.57. The van der Waals surface area contributed by atoms with Gasteiger partial charge in [0, 0.05) is 11.3 Å². The summed E-state index contributed by atoms with van der Waals surface area (Å²) in [6.07, 6.45) is 0. The average Bonchev–Trinajstić information content (AvgIpc) is 2.26. The van der Waals surface area contributed by atoms with Gasteiger partial charge in [-0.2, -0.15) is 0 Å². The van der Waals surface area contributed by atoms with Crippen molar-refractivity contribution in [3.63, 3.8) is 0 Å². The van der Waals surface area contributed by atoms with E-state index in [0.29, 0.717) is 5.25 Å². The first-order valence-electron chi connectivity index (χ1n) is 5.26. The lowest BCUT2D eigenvalue weighted by Crippen LogP contribution is -2.30. The zero-order valence-electron chi connectivity index (χ0n) is 8.98. The maximum Gasteiger partial charge on any atom is 0.104 e. The Hall–Kier alpha value is -0.950. The second kappa shape index (κ2) is 5.95. The highest BCUT2D eigenvalue weighted by Gasteiger charge is 2.18. The molecule has 0 amide bonds. The number of hydrogen-bond donors (Lipinski definition) is 1. The Morgan fingerprint density at radius 1 is 1.31 bits per heavy atom. The van der Waals surface area contributed by atoms with E-state index >= 15 is 0 Å². The highest BCUT2D eigenvalue weighted by atomic mass is 32.2. The molecule has 0 radical (unpaired) electrons. The second-order valence-electron chi connectivity index (χ2n) is 3.63. The molecule has 2 rings (SSSR count). The quantitative estimate of drug-likeness (QED) is 0.807. The summed E-state index contributed by atoms with van der Waals surface area (Å²) in [6, 6.07) is 8.17. The summed E-state index contributed by atoms with van der Waals surface area (Å²) in [5.41, 5.74) is 2.27. The first-order chi connectivity index (χ1) is 7.88. The van der Waals surface area contributed by atoms with Crippen LogP contribution in [0.25, 0.3) is 0 Å². The number of rotatable bonds is 3. The van der Waals surface area contributed by atoms with Gasteiger partial charge in [-0.3, -0.25) is 0 Å². The molecule has 1 heterocycles. The molecular formula is C13H14O2S. The van der Waals surface area contributed by atoms with E-state index in [-0.39, 0.29) is 6.61 Å². The molecule has 1 aliphatic heterocycles. The van der Waals surface area contributed by atoms with Gasteiger partial charge in [0.1, 0.15) is 6.61 Å². The van der Waals surface area contributed by atoms with Gasteiger partial charge >= 0.3 is 0 Å². The van der Waals surface area contributed by atoms with Crippen molar-refractivity contribution in [2.45, 2.75) is 11.0 Å². The van der Waals surface area contributed by atoms with Crippen molar-refractivity contribution in [2.24, 2.45) is 0 Å². The normalized spacial score (nSPS) is 15.1. The number of thioether (sulfide) groups is 1. The summed E-state index contributed by atoms with van der Waals surface area (Å²) in [5, 5.41) is 9.25. The van der Waals surface area contributed by atoms with Crippen molar-refractivity contribution in [1.82, 2.24) is 0 Å². The Labute approximate surface area is 100 Å². The minimum atomic E-state index is -0.0840. The number of ether oxygens (including phenoxy) is 1. The molecule has 2 nitrogen and oxygen atoms in total. The lowest BCUT2D eigenvalue weighted by atomic mass is 10.1. The molecular weight excluding hydrogens is 220 g/mol. The fraction of sp³-hybridized carbons (Fsp3) is 0.385. The van der Waals surface area contributed by atoms with Crippen LogP contribution >= 0.6 is 11.8 Å². The lowest BCUT2D eigenvalue weighted by Gasteiger charge is -2.25. The molecule has 1 aromatic rings. The van der Waals surface area contributed by atoms with Crippen LogP contribution in [0.5, 0.6) is 0 Å². The van der Waals surface area contributed by atoms with Crippen molar-refractivity contribution in [3.8, 4) is 11.8 Å². The van der Waals surface area contributed by atoms with Gasteiger partial charge in [0.2, 0.25) is 0 Å². The molecule has 1 fully saturated rings. The fourth-order valence-corrected chi connectivity index (χ4v) is 2.36. The number of aliphatic hydroxyl groups excluding tert-OH is 1. The molecule has 0 unspecified atom stereocenters. The van der Waals surface area contributed by atoms with Crippen molar-refractivity contribution in [2.75, 3.05) is 19.8 Å². The zero-order valence-corrected chi connectivity index (χ0v) is 9.80. The Bertz CT molecular complexity index is 385.